The molecular formula is C26H22F3N3O3. The van der Waals surface area contributed by atoms with Crippen LogP contribution in [0.25, 0.3) is 11.0 Å². The van der Waals surface area contributed by atoms with Gasteiger partial charge in [0.05, 0.1) is 30.6 Å². The minimum Gasteiger partial charge on any atom is -0.496 e. The van der Waals surface area contributed by atoms with Gasteiger partial charge in [-0.2, -0.15) is 13.2 Å². The highest BCUT2D eigenvalue weighted by Crippen LogP contribution is 2.31. The molecule has 4 aromatic rings. The molecule has 0 radical (unpaired) electrons. The largest absolute Gasteiger partial charge is 0.496 e. The number of amides is 1. The fourth-order valence-electron chi connectivity index (χ4n) is 3.87. The average molecular weight is 481 g/mol. The first kappa shape index (κ1) is 24.0. The number of methoxy groups -OCH3 is 1. The van der Waals surface area contributed by atoms with Crippen molar-refractivity contribution < 1.29 is 27.5 Å². The fourth-order valence-corrected chi connectivity index (χ4v) is 3.87. The topological polar surface area (TPSA) is 84.1 Å². The Bertz CT molecular complexity index is 1380. The molecule has 3 aromatic carbocycles. The lowest BCUT2D eigenvalue weighted by Gasteiger charge is -2.20. The highest BCUT2D eigenvalue weighted by Gasteiger charge is 2.34. The second kappa shape index (κ2) is 9.61. The van der Waals surface area contributed by atoms with E-state index in [4.69, 9.17) is 4.74 Å². The molecule has 0 spiro atoms. The Morgan fingerprint density at radius 3 is 2.43 bits per heavy atom. The second-order valence-electron chi connectivity index (χ2n) is 8.03. The molecule has 6 nitrogen and oxygen atoms in total. The van der Waals surface area contributed by atoms with Gasteiger partial charge in [0.1, 0.15) is 5.75 Å². The van der Waals surface area contributed by atoms with Crippen LogP contribution in [-0.4, -0.2) is 28.8 Å². The van der Waals surface area contributed by atoms with Crippen LogP contribution in [-0.2, 0) is 17.4 Å². The van der Waals surface area contributed by atoms with E-state index in [0.29, 0.717) is 22.4 Å². The number of carbonyl (C=O) groups excluding carboxylic acids is 2. The van der Waals surface area contributed by atoms with Gasteiger partial charge in [0.2, 0.25) is 11.7 Å². The maximum atomic E-state index is 13.1. The molecule has 9 heteroatoms. The number of aromatic nitrogens is 2. The summed E-state index contributed by atoms with van der Waals surface area (Å²) < 4.78 is 44.6. The number of Topliss-reactive ketones (excluding diaryl/α,β-unsaturated/α-hetero) is 1. The van der Waals surface area contributed by atoms with Crippen LogP contribution in [0.5, 0.6) is 5.75 Å². The molecule has 0 saturated heterocycles. The minimum atomic E-state index is -4.60. The number of benzene rings is 3. The van der Waals surface area contributed by atoms with E-state index in [9.17, 15) is 22.8 Å². The highest BCUT2D eigenvalue weighted by atomic mass is 19.4. The third-order valence-electron chi connectivity index (χ3n) is 5.58. The van der Waals surface area contributed by atoms with Gasteiger partial charge in [0.25, 0.3) is 0 Å². The molecule has 35 heavy (non-hydrogen) atoms. The third-order valence-corrected chi connectivity index (χ3v) is 5.58. The summed E-state index contributed by atoms with van der Waals surface area (Å²) in [5.74, 6) is -1.09. The van der Waals surface area contributed by atoms with E-state index in [1.54, 1.807) is 30.3 Å². The van der Waals surface area contributed by atoms with Gasteiger partial charge in [-0.3, -0.25) is 9.59 Å². The van der Waals surface area contributed by atoms with Crippen molar-refractivity contribution in [1.29, 1.82) is 0 Å². The van der Waals surface area contributed by atoms with Crippen molar-refractivity contribution in [1.82, 2.24) is 15.3 Å². The number of ether oxygens (including phenoxy) is 1. The van der Waals surface area contributed by atoms with Crippen molar-refractivity contribution in [3.8, 4) is 5.75 Å². The van der Waals surface area contributed by atoms with Crippen molar-refractivity contribution in [2.45, 2.75) is 25.6 Å². The molecule has 0 saturated carbocycles. The number of fused-ring (bicyclic) bond motifs is 1. The van der Waals surface area contributed by atoms with E-state index >= 15 is 0 Å². The van der Waals surface area contributed by atoms with Crippen LogP contribution in [0.3, 0.4) is 0 Å². The molecule has 1 amide bonds. The normalized spacial score (nSPS) is 12.4. The van der Waals surface area contributed by atoms with Gasteiger partial charge >= 0.3 is 6.18 Å². The Kier molecular flexibility index (Phi) is 6.59. The zero-order valence-electron chi connectivity index (χ0n) is 18.9. The van der Waals surface area contributed by atoms with Crippen LogP contribution in [0.1, 0.15) is 45.8 Å². The van der Waals surface area contributed by atoms with Gasteiger partial charge < -0.3 is 15.0 Å². The Balaban J connectivity index is 1.67. The number of H-pyrrole nitrogens is 1. The second-order valence-corrected chi connectivity index (χ2v) is 8.03. The maximum absolute atomic E-state index is 13.1. The van der Waals surface area contributed by atoms with E-state index in [1.807, 2.05) is 30.3 Å². The molecule has 2 N–H and O–H groups in total. The molecule has 0 aliphatic rings. The molecule has 0 aliphatic carbocycles. The molecule has 0 bridgehead atoms. The van der Waals surface area contributed by atoms with Gasteiger partial charge in [-0.15, -0.1) is 0 Å². The Labute approximate surface area is 199 Å². The average Bonchev–Trinajstić information content (AvgIpc) is 3.27. The zero-order valence-corrected chi connectivity index (χ0v) is 18.9. The first-order valence-electron chi connectivity index (χ1n) is 10.7. The molecule has 1 unspecified atom stereocenters. The molecule has 1 atom stereocenters. The smallest absolute Gasteiger partial charge is 0.449 e. The number of imidazole rings is 1. The maximum Gasteiger partial charge on any atom is 0.449 e. The van der Waals surface area contributed by atoms with E-state index < -0.39 is 18.0 Å². The quantitative estimate of drug-likeness (QED) is 0.354. The van der Waals surface area contributed by atoms with Crippen LogP contribution in [0, 0.1) is 0 Å². The summed E-state index contributed by atoms with van der Waals surface area (Å²) in [6, 6.07) is 18.0. The molecule has 1 heterocycles. The lowest BCUT2D eigenvalue weighted by molar-refractivity contribution is -0.144. The minimum absolute atomic E-state index is 0.0574. The zero-order chi connectivity index (χ0) is 25.2. The van der Waals surface area contributed by atoms with Crippen LogP contribution in [0.15, 0.2) is 66.7 Å². The number of hydrogen-bond acceptors (Lipinski definition) is 4. The molecule has 1 aromatic heterocycles. The summed E-state index contributed by atoms with van der Waals surface area (Å²) in [5, 5.41) is 2.96. The number of alkyl halides is 3. The number of carbonyl (C=O) groups is 2. The summed E-state index contributed by atoms with van der Waals surface area (Å²) >= 11 is 0. The lowest BCUT2D eigenvalue weighted by atomic mass is 9.97. The fraction of sp³-hybridized carbons (Fsp3) is 0.192. The summed E-state index contributed by atoms with van der Waals surface area (Å²) in [6.45, 7) is 1.44. The van der Waals surface area contributed by atoms with Gasteiger partial charge in [-0.1, -0.05) is 36.4 Å². The Hall–Kier alpha value is -4.14. The first-order chi connectivity index (χ1) is 16.7. The van der Waals surface area contributed by atoms with Gasteiger partial charge in [-0.25, -0.2) is 4.98 Å². The van der Waals surface area contributed by atoms with Crippen molar-refractivity contribution in [2.75, 3.05) is 7.11 Å². The number of nitrogens with one attached hydrogen (secondary N) is 2. The highest BCUT2D eigenvalue weighted by molar-refractivity contribution is 5.94. The van der Waals surface area contributed by atoms with Crippen LogP contribution >= 0.6 is 0 Å². The standard InChI is InChI=1S/C26H22F3N3O3/c1-15(33)17-9-11-22(35-2)19(12-17)14-23(34)32-24(16-6-4-3-5-7-16)18-8-10-20-21(13-18)31-25(30-20)26(27,28)29/h3-13,24H,14H2,1-2H3,(H,30,31)(H,32,34). The summed E-state index contributed by atoms with van der Waals surface area (Å²) in [4.78, 5) is 30.8. The Morgan fingerprint density at radius 2 is 1.77 bits per heavy atom. The van der Waals surface area contributed by atoms with Crippen LogP contribution in [0.4, 0.5) is 13.2 Å². The predicted octanol–water partition coefficient (Wildman–Crippen LogP) is 5.24. The first-order valence-corrected chi connectivity index (χ1v) is 10.7. The lowest BCUT2D eigenvalue weighted by Crippen LogP contribution is -2.30. The number of rotatable bonds is 7. The van der Waals surface area contributed by atoms with E-state index in [0.717, 1.165) is 5.56 Å². The number of hydrogen-bond donors (Lipinski definition) is 2. The molecule has 180 valence electrons. The number of aromatic amines is 1. The van der Waals surface area contributed by atoms with Crippen LogP contribution in [0.2, 0.25) is 0 Å². The van der Waals surface area contributed by atoms with E-state index in [-0.39, 0.29) is 29.1 Å². The van der Waals surface area contributed by atoms with Crippen molar-refractivity contribution >= 4 is 22.7 Å². The van der Waals surface area contributed by atoms with Gasteiger partial charge in [0, 0.05) is 11.1 Å². The monoisotopic (exact) mass is 481 g/mol. The Morgan fingerprint density at radius 1 is 1.03 bits per heavy atom. The summed E-state index contributed by atoms with van der Waals surface area (Å²) in [6.07, 6.45) is -4.65. The number of nitrogens with zero attached hydrogens (tertiary/aromatic N) is 1. The van der Waals surface area contributed by atoms with Gasteiger partial charge in [-0.05, 0) is 48.4 Å². The summed E-state index contributed by atoms with van der Waals surface area (Å²) in [5.41, 5.74) is 2.71. The molecular weight excluding hydrogens is 459 g/mol. The van der Waals surface area contributed by atoms with Crippen molar-refractivity contribution in [3.05, 3.63) is 94.8 Å². The SMILES string of the molecule is COc1ccc(C(C)=O)cc1CC(=O)NC(c1ccccc1)c1ccc2nc(C(F)(F)F)[nH]c2c1. The molecule has 4 rings (SSSR count). The molecule has 0 aliphatic heterocycles. The number of halogens is 3. The summed E-state index contributed by atoms with van der Waals surface area (Å²) in [7, 11) is 1.48. The van der Waals surface area contributed by atoms with E-state index in [1.165, 1.54) is 20.1 Å². The third kappa shape index (κ3) is 5.34. The van der Waals surface area contributed by atoms with Crippen molar-refractivity contribution in [3.63, 3.8) is 0 Å². The van der Waals surface area contributed by atoms with Gasteiger partial charge in [0.15, 0.2) is 5.78 Å². The van der Waals surface area contributed by atoms with E-state index in [2.05, 4.69) is 15.3 Å². The predicted molar refractivity (Wildman–Crippen MR) is 124 cm³/mol. The van der Waals surface area contributed by atoms with Crippen LogP contribution < -0.4 is 10.1 Å². The number of ketones is 1. The molecule has 0 fully saturated rings. The van der Waals surface area contributed by atoms with Crippen molar-refractivity contribution in [2.24, 2.45) is 0 Å².